The van der Waals surface area contributed by atoms with Crippen molar-refractivity contribution < 1.29 is 9.72 Å². The van der Waals surface area contributed by atoms with Crippen molar-refractivity contribution in [1.29, 1.82) is 0 Å². The second-order valence-electron chi connectivity index (χ2n) is 4.58. The number of hydrogen-bond donors (Lipinski definition) is 2. The molecule has 0 aliphatic heterocycles. The number of nitro groups is 1. The highest BCUT2D eigenvalue weighted by Gasteiger charge is 2.13. The van der Waals surface area contributed by atoms with Crippen LogP contribution in [0.25, 0.3) is 0 Å². The summed E-state index contributed by atoms with van der Waals surface area (Å²) in [6.45, 7) is 0.481. The molecule has 0 radical (unpaired) electrons. The van der Waals surface area contributed by atoms with E-state index in [4.69, 9.17) is 0 Å². The molecule has 0 bridgehead atoms. The van der Waals surface area contributed by atoms with Gasteiger partial charge in [0.05, 0.1) is 4.92 Å². The SMILES string of the molecule is CNC(=O)c1cccc(CCNc2ncccc2[N+](=O)[O-])c1. The van der Waals surface area contributed by atoms with Crippen LogP contribution in [0, 0.1) is 10.1 Å². The van der Waals surface area contributed by atoms with Gasteiger partial charge in [-0.25, -0.2) is 4.98 Å². The lowest BCUT2D eigenvalue weighted by atomic mass is 10.1. The first kappa shape index (κ1) is 15.4. The molecular weight excluding hydrogens is 284 g/mol. The summed E-state index contributed by atoms with van der Waals surface area (Å²) in [7, 11) is 1.58. The zero-order valence-electron chi connectivity index (χ0n) is 12.1. The van der Waals surface area contributed by atoms with Gasteiger partial charge in [0, 0.05) is 31.4 Å². The van der Waals surface area contributed by atoms with Crippen molar-refractivity contribution in [1.82, 2.24) is 10.3 Å². The normalized spacial score (nSPS) is 10.0. The van der Waals surface area contributed by atoms with E-state index in [2.05, 4.69) is 15.6 Å². The van der Waals surface area contributed by atoms with Gasteiger partial charge in [-0.15, -0.1) is 0 Å². The van der Waals surface area contributed by atoms with Crippen LogP contribution in [0.5, 0.6) is 0 Å². The van der Waals surface area contributed by atoms with Gasteiger partial charge in [0.15, 0.2) is 0 Å². The third-order valence-electron chi connectivity index (χ3n) is 3.11. The number of amides is 1. The number of hydrogen-bond acceptors (Lipinski definition) is 5. The second kappa shape index (κ2) is 7.16. The van der Waals surface area contributed by atoms with Crippen molar-refractivity contribution in [3.05, 3.63) is 63.8 Å². The highest BCUT2D eigenvalue weighted by molar-refractivity contribution is 5.94. The number of carbonyl (C=O) groups excluding carboxylic acids is 1. The molecule has 0 saturated heterocycles. The molecule has 0 aliphatic rings. The molecule has 0 spiro atoms. The number of pyridine rings is 1. The van der Waals surface area contributed by atoms with Gasteiger partial charge >= 0.3 is 5.69 Å². The number of carbonyl (C=O) groups is 1. The molecule has 1 aromatic carbocycles. The van der Waals surface area contributed by atoms with E-state index in [1.807, 2.05) is 12.1 Å². The van der Waals surface area contributed by atoms with E-state index < -0.39 is 4.92 Å². The highest BCUT2D eigenvalue weighted by atomic mass is 16.6. The third-order valence-corrected chi connectivity index (χ3v) is 3.11. The van der Waals surface area contributed by atoms with Crippen molar-refractivity contribution in [3.8, 4) is 0 Å². The first-order valence-electron chi connectivity index (χ1n) is 6.76. The van der Waals surface area contributed by atoms with E-state index in [0.29, 0.717) is 18.5 Å². The molecule has 7 heteroatoms. The van der Waals surface area contributed by atoms with Gasteiger partial charge in [-0.3, -0.25) is 14.9 Å². The molecule has 7 nitrogen and oxygen atoms in total. The standard InChI is InChI=1S/C15H16N4O3/c1-16-15(20)12-5-2-4-11(10-12)7-9-18-14-13(19(21)22)6-3-8-17-14/h2-6,8,10H,7,9H2,1H3,(H,16,20)(H,17,18). The van der Waals surface area contributed by atoms with Crippen LogP contribution in [-0.2, 0) is 6.42 Å². The Balaban J connectivity index is 2.00. The molecule has 0 saturated carbocycles. The van der Waals surface area contributed by atoms with Gasteiger partial charge in [-0.05, 0) is 30.2 Å². The molecule has 1 aromatic heterocycles. The summed E-state index contributed by atoms with van der Waals surface area (Å²) in [5, 5.41) is 16.4. The molecule has 2 aromatic rings. The number of nitrogens with zero attached hydrogens (tertiary/aromatic N) is 2. The summed E-state index contributed by atoms with van der Waals surface area (Å²) in [6.07, 6.45) is 2.13. The van der Waals surface area contributed by atoms with Gasteiger partial charge in [0.1, 0.15) is 0 Å². The molecule has 0 fully saturated rings. The summed E-state index contributed by atoms with van der Waals surface area (Å²) in [4.78, 5) is 26.0. The Morgan fingerprint density at radius 2 is 2.14 bits per heavy atom. The van der Waals surface area contributed by atoms with Crippen molar-refractivity contribution in [2.45, 2.75) is 6.42 Å². The Bertz CT molecular complexity index is 688. The monoisotopic (exact) mass is 300 g/mol. The number of anilines is 1. The minimum Gasteiger partial charge on any atom is -0.364 e. The van der Waals surface area contributed by atoms with E-state index in [1.165, 1.54) is 18.3 Å². The van der Waals surface area contributed by atoms with Crippen molar-refractivity contribution >= 4 is 17.4 Å². The molecule has 22 heavy (non-hydrogen) atoms. The number of rotatable bonds is 6. The predicted octanol–water partition coefficient (Wildman–Crippen LogP) is 2.00. The molecule has 0 aliphatic carbocycles. The Morgan fingerprint density at radius 1 is 1.32 bits per heavy atom. The summed E-state index contributed by atoms with van der Waals surface area (Å²) >= 11 is 0. The van der Waals surface area contributed by atoms with Crippen LogP contribution in [0.3, 0.4) is 0 Å². The predicted molar refractivity (Wildman–Crippen MR) is 82.9 cm³/mol. The first-order valence-corrected chi connectivity index (χ1v) is 6.76. The lowest BCUT2D eigenvalue weighted by Gasteiger charge is -2.07. The van der Waals surface area contributed by atoms with E-state index >= 15 is 0 Å². The van der Waals surface area contributed by atoms with Crippen LogP contribution in [0.1, 0.15) is 15.9 Å². The molecule has 1 heterocycles. The van der Waals surface area contributed by atoms with Gasteiger partial charge in [0.2, 0.25) is 5.82 Å². The zero-order chi connectivity index (χ0) is 15.9. The highest BCUT2D eigenvalue weighted by Crippen LogP contribution is 2.20. The molecule has 2 N–H and O–H groups in total. The Kier molecular flexibility index (Phi) is 5.02. The van der Waals surface area contributed by atoms with Crippen LogP contribution in [0.15, 0.2) is 42.6 Å². The third kappa shape index (κ3) is 3.78. The van der Waals surface area contributed by atoms with Crippen LogP contribution in [-0.4, -0.2) is 29.4 Å². The van der Waals surface area contributed by atoms with Crippen LogP contribution in [0.4, 0.5) is 11.5 Å². The average Bonchev–Trinajstić information content (AvgIpc) is 2.54. The minimum absolute atomic E-state index is 0.0541. The van der Waals surface area contributed by atoms with Crippen LogP contribution in [0.2, 0.25) is 0 Å². The summed E-state index contributed by atoms with van der Waals surface area (Å²) < 4.78 is 0. The fourth-order valence-corrected chi connectivity index (χ4v) is 2.02. The molecule has 2 rings (SSSR count). The molecular formula is C15H16N4O3. The molecule has 114 valence electrons. The van der Waals surface area contributed by atoms with Gasteiger partial charge in [-0.1, -0.05) is 12.1 Å². The molecule has 0 atom stereocenters. The topological polar surface area (TPSA) is 97.2 Å². The lowest BCUT2D eigenvalue weighted by Crippen LogP contribution is -2.18. The van der Waals surface area contributed by atoms with E-state index in [1.54, 1.807) is 19.2 Å². The maximum atomic E-state index is 11.6. The second-order valence-corrected chi connectivity index (χ2v) is 4.58. The summed E-state index contributed by atoms with van der Waals surface area (Å²) in [6, 6.07) is 10.2. The lowest BCUT2D eigenvalue weighted by molar-refractivity contribution is -0.384. The maximum absolute atomic E-state index is 11.6. The van der Waals surface area contributed by atoms with Crippen molar-refractivity contribution in [2.75, 3.05) is 18.9 Å². The Hall–Kier alpha value is -2.96. The van der Waals surface area contributed by atoms with Crippen molar-refractivity contribution in [2.24, 2.45) is 0 Å². The van der Waals surface area contributed by atoms with Gasteiger partial charge < -0.3 is 10.6 Å². The fraction of sp³-hybridized carbons (Fsp3) is 0.200. The van der Waals surface area contributed by atoms with Gasteiger partial charge in [0.25, 0.3) is 5.91 Å². The van der Waals surface area contributed by atoms with Crippen LogP contribution >= 0.6 is 0 Å². The Morgan fingerprint density at radius 3 is 2.86 bits per heavy atom. The Labute approximate surface area is 127 Å². The van der Waals surface area contributed by atoms with Gasteiger partial charge in [-0.2, -0.15) is 0 Å². The quantitative estimate of drug-likeness (QED) is 0.628. The van der Waals surface area contributed by atoms with Crippen LogP contribution < -0.4 is 10.6 Å². The van der Waals surface area contributed by atoms with Crippen molar-refractivity contribution in [3.63, 3.8) is 0 Å². The number of aromatic nitrogens is 1. The average molecular weight is 300 g/mol. The first-order chi connectivity index (χ1) is 10.6. The fourth-order valence-electron chi connectivity index (χ4n) is 2.02. The summed E-state index contributed by atoms with van der Waals surface area (Å²) in [5.74, 6) is 0.102. The zero-order valence-corrected chi connectivity index (χ0v) is 12.1. The molecule has 1 amide bonds. The number of nitrogens with one attached hydrogen (secondary N) is 2. The largest absolute Gasteiger partial charge is 0.364 e. The maximum Gasteiger partial charge on any atom is 0.311 e. The smallest absolute Gasteiger partial charge is 0.311 e. The number of benzene rings is 1. The molecule has 0 unspecified atom stereocenters. The van der Waals surface area contributed by atoms with E-state index in [0.717, 1.165) is 5.56 Å². The minimum atomic E-state index is -0.471. The van der Waals surface area contributed by atoms with E-state index in [9.17, 15) is 14.9 Å². The van der Waals surface area contributed by atoms with E-state index in [-0.39, 0.29) is 17.4 Å². The summed E-state index contributed by atoms with van der Waals surface area (Å²) in [5.41, 5.74) is 1.50.